The average molecular weight is 435 g/mol. The maximum Gasteiger partial charge on any atom is 0.0424 e. The molecule has 7 atom stereocenters. The Morgan fingerprint density at radius 2 is 1.26 bits per heavy atom. The van der Waals surface area contributed by atoms with Gasteiger partial charge in [0.1, 0.15) is 0 Å². The van der Waals surface area contributed by atoms with Crippen molar-refractivity contribution in [3.8, 4) is 0 Å². The lowest BCUT2D eigenvalue weighted by atomic mass is 9.85. The van der Waals surface area contributed by atoms with Crippen LogP contribution < -0.4 is 28.7 Å². The molecule has 0 amide bonds. The van der Waals surface area contributed by atoms with Gasteiger partial charge >= 0.3 is 0 Å². The number of benzene rings is 1. The Morgan fingerprint density at radius 3 is 1.55 bits per heavy atom. The number of nitrogens with two attached hydrogens (primary N) is 5. The number of nitrogens with zero attached hydrogens (tertiary/aromatic N) is 1. The zero-order valence-corrected chi connectivity index (χ0v) is 20.4. The second kappa shape index (κ2) is 14.9. The number of likely N-dealkylation sites (N-methyl/N-ethyl adjacent to an activating group) is 1. The van der Waals surface area contributed by atoms with E-state index in [0.29, 0.717) is 12.1 Å². The van der Waals surface area contributed by atoms with Crippen molar-refractivity contribution in [1.82, 2.24) is 4.90 Å². The maximum atomic E-state index is 6.07. The molecule has 3 rings (SSSR count). The van der Waals surface area contributed by atoms with E-state index in [1.54, 1.807) is 0 Å². The molecular weight excluding hydrogens is 384 g/mol. The molecule has 2 aliphatic carbocycles. The first-order chi connectivity index (χ1) is 14.6. The van der Waals surface area contributed by atoms with Gasteiger partial charge in [0.25, 0.3) is 0 Å². The highest BCUT2D eigenvalue weighted by molar-refractivity contribution is 5.18. The van der Waals surface area contributed by atoms with Gasteiger partial charge in [0.15, 0.2) is 0 Å². The van der Waals surface area contributed by atoms with Gasteiger partial charge in [0.2, 0.25) is 0 Å². The molecule has 0 bridgehead atoms. The van der Waals surface area contributed by atoms with Crippen LogP contribution in [0.15, 0.2) is 30.3 Å². The lowest BCUT2D eigenvalue weighted by Gasteiger charge is -2.26. The van der Waals surface area contributed by atoms with E-state index >= 15 is 0 Å². The van der Waals surface area contributed by atoms with Crippen LogP contribution in [0.4, 0.5) is 0 Å². The Labute approximate surface area is 191 Å². The molecule has 31 heavy (non-hydrogen) atoms. The summed E-state index contributed by atoms with van der Waals surface area (Å²) in [6, 6.07) is 11.7. The molecule has 0 saturated heterocycles. The van der Waals surface area contributed by atoms with Gasteiger partial charge < -0.3 is 33.6 Å². The molecule has 7 unspecified atom stereocenters. The summed E-state index contributed by atoms with van der Waals surface area (Å²) >= 11 is 0. The minimum Gasteiger partial charge on any atom is -0.328 e. The third-order valence-electron chi connectivity index (χ3n) is 6.33. The van der Waals surface area contributed by atoms with E-state index in [-0.39, 0.29) is 18.1 Å². The zero-order chi connectivity index (χ0) is 23.4. The van der Waals surface area contributed by atoms with Gasteiger partial charge in [-0.05, 0) is 77.4 Å². The Hall–Kier alpha value is -1.02. The van der Waals surface area contributed by atoms with Crippen molar-refractivity contribution in [2.24, 2.45) is 40.5 Å². The second-order valence-corrected chi connectivity index (χ2v) is 9.99. The summed E-state index contributed by atoms with van der Waals surface area (Å²) in [4.78, 5) is 2.09. The number of rotatable bonds is 6. The molecule has 2 aliphatic rings. The van der Waals surface area contributed by atoms with Crippen LogP contribution in [0.3, 0.4) is 0 Å². The fraction of sp³-hybridized carbons (Fsp3) is 0.760. The van der Waals surface area contributed by atoms with E-state index in [0.717, 1.165) is 24.8 Å². The van der Waals surface area contributed by atoms with E-state index in [2.05, 4.69) is 17.0 Å². The molecule has 0 spiro atoms. The van der Waals surface area contributed by atoms with Gasteiger partial charge in [-0.1, -0.05) is 43.2 Å². The van der Waals surface area contributed by atoms with Crippen molar-refractivity contribution in [2.45, 2.75) is 89.0 Å². The van der Waals surface area contributed by atoms with Crippen LogP contribution in [0.2, 0.25) is 0 Å². The molecule has 180 valence electrons. The fourth-order valence-electron chi connectivity index (χ4n) is 4.88. The fourth-order valence-corrected chi connectivity index (χ4v) is 4.88. The van der Waals surface area contributed by atoms with Crippen LogP contribution in [0.5, 0.6) is 0 Å². The SMILES string of the molecule is CC(N)CC(C)N.CN(C)CC(N)c1ccccc1.NC1CCCC1C1CCCC1N. The minimum absolute atomic E-state index is 0.126. The Balaban J connectivity index is 0.000000243. The largest absolute Gasteiger partial charge is 0.328 e. The van der Waals surface area contributed by atoms with Crippen LogP contribution in [0, 0.1) is 11.8 Å². The predicted octanol–water partition coefficient (Wildman–Crippen LogP) is 2.56. The molecule has 0 radical (unpaired) electrons. The van der Waals surface area contributed by atoms with Crippen LogP contribution in [-0.4, -0.2) is 49.7 Å². The van der Waals surface area contributed by atoms with E-state index < -0.39 is 0 Å². The van der Waals surface area contributed by atoms with Crippen molar-refractivity contribution in [3.05, 3.63) is 35.9 Å². The summed E-state index contributed by atoms with van der Waals surface area (Å²) in [6.07, 6.45) is 8.70. The second-order valence-electron chi connectivity index (χ2n) is 9.99. The number of hydrogen-bond acceptors (Lipinski definition) is 6. The van der Waals surface area contributed by atoms with Crippen LogP contribution in [-0.2, 0) is 0 Å². The molecular formula is C25H50N6. The quantitative estimate of drug-likeness (QED) is 0.467. The lowest BCUT2D eigenvalue weighted by molar-refractivity contribution is 0.290. The highest BCUT2D eigenvalue weighted by atomic mass is 15.1. The molecule has 1 aromatic rings. The average Bonchev–Trinajstić information content (AvgIpc) is 3.29. The van der Waals surface area contributed by atoms with E-state index in [9.17, 15) is 0 Å². The highest BCUT2D eigenvalue weighted by Crippen LogP contribution is 2.39. The van der Waals surface area contributed by atoms with Crippen molar-refractivity contribution in [3.63, 3.8) is 0 Å². The summed E-state index contributed by atoms with van der Waals surface area (Å²) in [5.74, 6) is 1.50. The molecule has 6 nitrogen and oxygen atoms in total. The van der Waals surface area contributed by atoms with Crippen LogP contribution in [0.1, 0.15) is 70.4 Å². The molecule has 0 heterocycles. The summed E-state index contributed by atoms with van der Waals surface area (Å²) < 4.78 is 0. The first-order valence-electron chi connectivity index (χ1n) is 12.1. The Kier molecular flexibility index (Phi) is 13.5. The van der Waals surface area contributed by atoms with Gasteiger partial charge in [-0.2, -0.15) is 0 Å². The molecule has 10 N–H and O–H groups in total. The number of hydrogen-bond donors (Lipinski definition) is 5. The smallest absolute Gasteiger partial charge is 0.0424 e. The van der Waals surface area contributed by atoms with Gasteiger partial charge in [-0.3, -0.25) is 0 Å². The zero-order valence-electron chi connectivity index (χ0n) is 20.4. The minimum atomic E-state index is 0.126. The summed E-state index contributed by atoms with van der Waals surface area (Å²) in [6.45, 7) is 4.82. The predicted molar refractivity (Wildman–Crippen MR) is 134 cm³/mol. The third kappa shape index (κ3) is 11.4. The standard InChI is InChI=1S/C10H20N2.C10H16N2.C5H14N2/c11-9-5-1-3-7(9)8-4-2-6-10(8)12;1-12(2)8-10(11)9-6-4-3-5-7-9;1-4(6)3-5(2)7/h7-10H,1-6,11-12H2;3-7,10H,8,11H2,1-2H3;4-5H,3,6-7H2,1-2H3. The maximum absolute atomic E-state index is 6.07. The van der Waals surface area contributed by atoms with Crippen molar-refractivity contribution < 1.29 is 0 Å². The molecule has 1 aromatic carbocycles. The topological polar surface area (TPSA) is 133 Å². The van der Waals surface area contributed by atoms with Gasteiger partial charge in [-0.25, -0.2) is 0 Å². The van der Waals surface area contributed by atoms with Gasteiger partial charge in [-0.15, -0.1) is 0 Å². The van der Waals surface area contributed by atoms with Crippen molar-refractivity contribution in [2.75, 3.05) is 20.6 Å². The highest BCUT2D eigenvalue weighted by Gasteiger charge is 2.36. The van der Waals surface area contributed by atoms with Crippen LogP contribution >= 0.6 is 0 Å². The molecule has 2 fully saturated rings. The van der Waals surface area contributed by atoms with Crippen molar-refractivity contribution >= 4 is 0 Å². The van der Waals surface area contributed by atoms with E-state index in [1.165, 1.54) is 44.1 Å². The molecule has 0 aromatic heterocycles. The normalized spacial score (nSPS) is 28.2. The van der Waals surface area contributed by atoms with E-state index in [4.69, 9.17) is 28.7 Å². The molecule has 0 aliphatic heterocycles. The molecule has 6 heteroatoms. The first kappa shape index (κ1) is 28.0. The van der Waals surface area contributed by atoms with Gasteiger partial charge in [0.05, 0.1) is 0 Å². The Morgan fingerprint density at radius 1 is 0.806 bits per heavy atom. The van der Waals surface area contributed by atoms with Gasteiger partial charge in [0, 0.05) is 36.8 Å². The lowest BCUT2D eigenvalue weighted by Crippen LogP contribution is -2.37. The monoisotopic (exact) mass is 434 g/mol. The van der Waals surface area contributed by atoms with E-state index in [1.807, 2.05) is 46.1 Å². The molecule has 2 saturated carbocycles. The summed E-state index contributed by atoms with van der Waals surface area (Å²) in [5.41, 5.74) is 30.1. The third-order valence-corrected chi connectivity index (χ3v) is 6.33. The summed E-state index contributed by atoms with van der Waals surface area (Å²) in [5, 5.41) is 0. The van der Waals surface area contributed by atoms with Crippen molar-refractivity contribution in [1.29, 1.82) is 0 Å². The van der Waals surface area contributed by atoms with Crippen LogP contribution in [0.25, 0.3) is 0 Å². The first-order valence-corrected chi connectivity index (χ1v) is 12.1. The summed E-state index contributed by atoms with van der Waals surface area (Å²) in [7, 11) is 4.06. The Bertz CT molecular complexity index is 538.